The maximum absolute atomic E-state index is 6.84. The van der Waals surface area contributed by atoms with Crippen molar-refractivity contribution in [2.75, 3.05) is 19.7 Å². The highest BCUT2D eigenvalue weighted by Crippen LogP contribution is 2.35. The summed E-state index contributed by atoms with van der Waals surface area (Å²) in [5, 5.41) is 3.99. The zero-order valence-corrected chi connectivity index (χ0v) is 17.5. The highest BCUT2D eigenvalue weighted by Gasteiger charge is 2.12. The molecule has 0 spiro atoms. The molecule has 0 aliphatic carbocycles. The van der Waals surface area contributed by atoms with Crippen molar-refractivity contribution in [3.63, 3.8) is 0 Å². The molecule has 0 aromatic heterocycles. The Morgan fingerprint density at radius 3 is 1.89 bits per heavy atom. The van der Waals surface area contributed by atoms with E-state index in [1.807, 2.05) is 60.7 Å². The van der Waals surface area contributed by atoms with Crippen LogP contribution >= 0.6 is 24.0 Å². The molecule has 0 atom stereocenters. The molecule has 4 heteroatoms. The fourth-order valence-electron chi connectivity index (χ4n) is 2.89. The van der Waals surface area contributed by atoms with Crippen LogP contribution in [0.25, 0.3) is 10.6 Å². The normalized spacial score (nSPS) is 11.4. The van der Waals surface area contributed by atoms with Crippen LogP contribution in [0.3, 0.4) is 0 Å². The minimum atomic E-state index is 0. The number of benzene rings is 3. The first-order chi connectivity index (χ1) is 13.3. The van der Waals surface area contributed by atoms with E-state index in [1.165, 1.54) is 0 Å². The first-order valence-corrected chi connectivity index (χ1v) is 9.62. The van der Waals surface area contributed by atoms with Gasteiger partial charge in [-0.2, -0.15) is 0 Å². The van der Waals surface area contributed by atoms with Gasteiger partial charge in [-0.3, -0.25) is 0 Å². The fraction of sp³-hybridized carbons (Fsp3) is 0.167. The van der Waals surface area contributed by atoms with E-state index in [0.717, 1.165) is 46.1 Å². The van der Waals surface area contributed by atoms with E-state index >= 15 is 0 Å². The number of likely N-dealkylation sites (N-methyl/N-ethyl adjacent to an activating group) is 1. The van der Waals surface area contributed by atoms with E-state index < -0.39 is 0 Å². The van der Waals surface area contributed by atoms with Crippen molar-refractivity contribution in [2.24, 2.45) is 0 Å². The molecule has 1 N–H and O–H groups in total. The van der Waals surface area contributed by atoms with Gasteiger partial charge in [-0.25, -0.2) is 0 Å². The number of hydrogen-bond acceptors (Lipinski definition) is 2. The zero-order chi connectivity index (χ0) is 18.9. The molecule has 3 rings (SSSR count). The van der Waals surface area contributed by atoms with Gasteiger partial charge in [-0.15, -0.1) is 12.4 Å². The number of ether oxygens (including phenoxy) is 1. The fourth-order valence-corrected chi connectivity index (χ4v) is 3.23. The van der Waals surface area contributed by atoms with Crippen LogP contribution in [-0.2, 0) is 0 Å². The molecule has 0 aliphatic rings. The number of hydrogen-bond donors (Lipinski definition) is 1. The second-order valence-corrected chi connectivity index (χ2v) is 6.53. The molecule has 3 aromatic carbocycles. The predicted molar refractivity (Wildman–Crippen MR) is 122 cm³/mol. The minimum absolute atomic E-state index is 0. The van der Waals surface area contributed by atoms with Crippen LogP contribution in [0, 0.1) is 0 Å². The second kappa shape index (κ2) is 11.6. The Balaban J connectivity index is 0.00000280. The number of rotatable bonds is 8. The van der Waals surface area contributed by atoms with Crippen LogP contribution in [0.2, 0.25) is 0 Å². The van der Waals surface area contributed by atoms with Gasteiger partial charge in [0.2, 0.25) is 0 Å². The Morgan fingerprint density at radius 1 is 0.786 bits per heavy atom. The third-order valence-corrected chi connectivity index (χ3v) is 4.66. The van der Waals surface area contributed by atoms with Crippen molar-refractivity contribution >= 4 is 34.6 Å². The molecule has 146 valence electrons. The minimum Gasteiger partial charge on any atom is -0.492 e. The molecule has 0 heterocycles. The van der Waals surface area contributed by atoms with Crippen LogP contribution < -0.4 is 10.1 Å². The van der Waals surface area contributed by atoms with E-state index in [2.05, 4.69) is 36.5 Å². The summed E-state index contributed by atoms with van der Waals surface area (Å²) in [5.41, 5.74) is 4.17. The Morgan fingerprint density at radius 2 is 1.32 bits per heavy atom. The van der Waals surface area contributed by atoms with Crippen LogP contribution in [0.15, 0.2) is 84.9 Å². The Hall–Kier alpha value is -2.26. The Labute approximate surface area is 178 Å². The predicted octanol–water partition coefficient (Wildman–Crippen LogP) is 6.25. The van der Waals surface area contributed by atoms with E-state index in [1.54, 1.807) is 0 Å². The molecule has 28 heavy (non-hydrogen) atoms. The lowest BCUT2D eigenvalue weighted by molar-refractivity contribution is 0.315. The van der Waals surface area contributed by atoms with Crippen LogP contribution in [0.4, 0.5) is 0 Å². The van der Waals surface area contributed by atoms with E-state index in [9.17, 15) is 0 Å². The Bertz CT molecular complexity index is 862. The van der Waals surface area contributed by atoms with Gasteiger partial charge in [0.1, 0.15) is 12.4 Å². The van der Waals surface area contributed by atoms with Crippen molar-refractivity contribution < 1.29 is 4.74 Å². The molecular weight excluding hydrogens is 389 g/mol. The van der Waals surface area contributed by atoms with Crippen LogP contribution in [0.1, 0.15) is 23.6 Å². The summed E-state index contributed by atoms with van der Waals surface area (Å²) in [4.78, 5) is 0. The lowest BCUT2D eigenvalue weighted by Crippen LogP contribution is -2.20. The van der Waals surface area contributed by atoms with Crippen molar-refractivity contribution in [2.45, 2.75) is 6.92 Å². The zero-order valence-electron chi connectivity index (χ0n) is 15.9. The van der Waals surface area contributed by atoms with E-state index in [-0.39, 0.29) is 12.4 Å². The number of nitrogens with one attached hydrogen (secondary N) is 1. The van der Waals surface area contributed by atoms with Crippen molar-refractivity contribution in [1.29, 1.82) is 0 Å². The molecule has 0 saturated heterocycles. The van der Waals surface area contributed by atoms with Gasteiger partial charge in [0, 0.05) is 12.1 Å². The van der Waals surface area contributed by atoms with Crippen molar-refractivity contribution in [3.8, 4) is 5.75 Å². The summed E-state index contributed by atoms with van der Waals surface area (Å²) in [6, 6.07) is 28.4. The van der Waals surface area contributed by atoms with Gasteiger partial charge in [-0.05, 0) is 35.4 Å². The molecule has 0 unspecified atom stereocenters. The SMILES string of the molecule is CCNCCOc1ccc(C(=C(Cl)c2ccccc2)c2ccccc2)cc1.Cl. The van der Waals surface area contributed by atoms with Crippen LogP contribution in [-0.4, -0.2) is 19.7 Å². The third-order valence-electron chi connectivity index (χ3n) is 4.25. The Kier molecular flexibility index (Phi) is 9.09. The smallest absolute Gasteiger partial charge is 0.119 e. The molecule has 0 radical (unpaired) electrons. The molecule has 0 aliphatic heterocycles. The lowest BCUT2D eigenvalue weighted by atomic mass is 9.95. The highest BCUT2D eigenvalue weighted by molar-refractivity contribution is 6.53. The molecule has 0 amide bonds. The highest BCUT2D eigenvalue weighted by atomic mass is 35.5. The molecule has 0 fully saturated rings. The van der Waals surface area contributed by atoms with E-state index in [4.69, 9.17) is 16.3 Å². The summed E-state index contributed by atoms with van der Waals surface area (Å²) in [6.07, 6.45) is 0. The van der Waals surface area contributed by atoms with Gasteiger partial charge >= 0.3 is 0 Å². The quantitative estimate of drug-likeness (QED) is 0.347. The van der Waals surface area contributed by atoms with E-state index in [0.29, 0.717) is 6.61 Å². The van der Waals surface area contributed by atoms with Crippen molar-refractivity contribution in [3.05, 3.63) is 102 Å². The van der Waals surface area contributed by atoms with Gasteiger partial charge in [0.15, 0.2) is 0 Å². The van der Waals surface area contributed by atoms with Gasteiger partial charge < -0.3 is 10.1 Å². The lowest BCUT2D eigenvalue weighted by Gasteiger charge is -2.13. The third kappa shape index (κ3) is 5.87. The first kappa shape index (κ1) is 22.0. The topological polar surface area (TPSA) is 21.3 Å². The van der Waals surface area contributed by atoms with Gasteiger partial charge in [0.05, 0.1) is 5.03 Å². The average molecular weight is 414 g/mol. The van der Waals surface area contributed by atoms with Gasteiger partial charge in [0.25, 0.3) is 0 Å². The summed E-state index contributed by atoms with van der Waals surface area (Å²) in [6.45, 7) is 4.53. The summed E-state index contributed by atoms with van der Waals surface area (Å²) < 4.78 is 5.78. The maximum atomic E-state index is 6.84. The summed E-state index contributed by atoms with van der Waals surface area (Å²) in [7, 11) is 0. The summed E-state index contributed by atoms with van der Waals surface area (Å²) >= 11 is 6.84. The van der Waals surface area contributed by atoms with Gasteiger partial charge in [-0.1, -0.05) is 91.3 Å². The maximum Gasteiger partial charge on any atom is 0.119 e. The molecule has 3 aromatic rings. The number of halogens is 2. The molecule has 0 saturated carbocycles. The largest absolute Gasteiger partial charge is 0.492 e. The second-order valence-electron chi connectivity index (χ2n) is 6.15. The molecule has 0 bridgehead atoms. The monoisotopic (exact) mass is 413 g/mol. The molecule has 2 nitrogen and oxygen atoms in total. The van der Waals surface area contributed by atoms with Crippen molar-refractivity contribution in [1.82, 2.24) is 5.32 Å². The molecular formula is C24H25Cl2NO. The average Bonchev–Trinajstić information content (AvgIpc) is 2.74. The van der Waals surface area contributed by atoms with Crippen LogP contribution in [0.5, 0.6) is 5.75 Å². The standard InChI is InChI=1S/C24H24ClNO.ClH/c1-2-26-17-18-27-22-15-13-20(14-16-22)23(19-9-5-3-6-10-19)24(25)21-11-7-4-8-12-21;/h3-16,26H,2,17-18H2,1H3;1H. The summed E-state index contributed by atoms with van der Waals surface area (Å²) in [5.74, 6) is 0.861. The first-order valence-electron chi connectivity index (χ1n) is 9.24.